The molecular formula is C21H26N2O. The molecule has 126 valence electrons. The van der Waals surface area contributed by atoms with Crippen LogP contribution in [0.25, 0.3) is 0 Å². The van der Waals surface area contributed by atoms with E-state index >= 15 is 0 Å². The van der Waals surface area contributed by atoms with Crippen LogP contribution in [-0.2, 0) is 11.3 Å². The van der Waals surface area contributed by atoms with Crippen LogP contribution in [0.3, 0.4) is 0 Å². The van der Waals surface area contributed by atoms with Crippen LogP contribution in [0.5, 0.6) is 0 Å². The highest BCUT2D eigenvalue weighted by molar-refractivity contribution is 5.78. The molecule has 3 heteroatoms. The number of hydrogen-bond donors (Lipinski definition) is 0. The maximum atomic E-state index is 11.8. The van der Waals surface area contributed by atoms with E-state index in [0.29, 0.717) is 5.91 Å². The molecule has 3 nitrogen and oxygen atoms in total. The first kappa shape index (κ1) is 16.6. The molecule has 0 bridgehead atoms. The summed E-state index contributed by atoms with van der Waals surface area (Å²) in [5.74, 6) is 0.319. The number of carbonyl (C=O) groups is 1. The molecule has 1 saturated heterocycles. The minimum absolute atomic E-state index is 0.319. The van der Waals surface area contributed by atoms with E-state index in [9.17, 15) is 4.79 Å². The average Bonchev–Trinajstić information content (AvgIpc) is 3.01. The number of anilines is 1. The maximum absolute atomic E-state index is 11.8. The van der Waals surface area contributed by atoms with Crippen molar-refractivity contribution in [3.63, 3.8) is 0 Å². The summed E-state index contributed by atoms with van der Waals surface area (Å²) in [6, 6.07) is 19.3. The molecule has 0 spiro atoms. The first-order chi connectivity index (χ1) is 11.7. The zero-order valence-corrected chi connectivity index (χ0v) is 14.4. The van der Waals surface area contributed by atoms with E-state index < -0.39 is 0 Å². The number of aryl methyl sites for hydroxylation is 1. The van der Waals surface area contributed by atoms with Crippen molar-refractivity contribution in [2.75, 3.05) is 24.5 Å². The van der Waals surface area contributed by atoms with Crippen molar-refractivity contribution in [2.24, 2.45) is 0 Å². The van der Waals surface area contributed by atoms with Crippen molar-refractivity contribution >= 4 is 11.6 Å². The molecular weight excluding hydrogens is 296 g/mol. The van der Waals surface area contributed by atoms with E-state index in [2.05, 4.69) is 66.4 Å². The van der Waals surface area contributed by atoms with E-state index in [4.69, 9.17) is 0 Å². The van der Waals surface area contributed by atoms with Gasteiger partial charge in [-0.3, -0.25) is 4.79 Å². The second kappa shape index (κ2) is 8.00. The van der Waals surface area contributed by atoms with Gasteiger partial charge in [0.1, 0.15) is 0 Å². The van der Waals surface area contributed by atoms with Crippen LogP contribution in [0, 0.1) is 6.92 Å². The summed E-state index contributed by atoms with van der Waals surface area (Å²) in [6.07, 6.45) is 2.75. The summed E-state index contributed by atoms with van der Waals surface area (Å²) in [7, 11) is 0. The second-order valence-corrected chi connectivity index (χ2v) is 6.58. The molecule has 0 atom stereocenters. The third-order valence-electron chi connectivity index (χ3n) is 4.64. The molecule has 0 radical (unpaired) electrons. The number of carbonyl (C=O) groups excluding carboxylic acids is 1. The van der Waals surface area contributed by atoms with Gasteiger partial charge in [-0.15, -0.1) is 0 Å². The summed E-state index contributed by atoms with van der Waals surface area (Å²) in [4.78, 5) is 16.2. The van der Waals surface area contributed by atoms with Gasteiger partial charge in [-0.05, 0) is 37.5 Å². The first-order valence-corrected chi connectivity index (χ1v) is 8.86. The number of likely N-dealkylation sites (tertiary alicyclic amines) is 1. The Balaban J connectivity index is 1.64. The number of rotatable bonds is 7. The monoisotopic (exact) mass is 322 g/mol. The number of hydrogen-bond acceptors (Lipinski definition) is 2. The molecule has 0 saturated carbocycles. The Morgan fingerprint density at radius 3 is 2.46 bits per heavy atom. The number of nitrogens with zero attached hydrogens (tertiary/aromatic N) is 2. The van der Waals surface area contributed by atoms with Crippen molar-refractivity contribution < 1.29 is 4.79 Å². The SMILES string of the molecule is Cc1ccc(N(CCCN2CCCC2=O)Cc2ccccc2)cc1. The Morgan fingerprint density at radius 2 is 1.79 bits per heavy atom. The smallest absolute Gasteiger partial charge is 0.222 e. The van der Waals surface area contributed by atoms with Crippen LogP contribution in [0.1, 0.15) is 30.4 Å². The van der Waals surface area contributed by atoms with E-state index in [0.717, 1.165) is 45.4 Å². The van der Waals surface area contributed by atoms with Gasteiger partial charge in [0.05, 0.1) is 0 Å². The van der Waals surface area contributed by atoms with Gasteiger partial charge in [-0.1, -0.05) is 48.0 Å². The van der Waals surface area contributed by atoms with Gasteiger partial charge in [0.25, 0.3) is 0 Å². The Hall–Kier alpha value is -2.29. The van der Waals surface area contributed by atoms with E-state index in [1.54, 1.807) is 0 Å². The fourth-order valence-electron chi connectivity index (χ4n) is 3.25. The molecule has 1 heterocycles. The zero-order valence-electron chi connectivity index (χ0n) is 14.4. The lowest BCUT2D eigenvalue weighted by Crippen LogP contribution is -2.30. The summed E-state index contributed by atoms with van der Waals surface area (Å²) in [6.45, 7) is 5.78. The van der Waals surface area contributed by atoms with Crippen molar-refractivity contribution in [3.05, 3.63) is 65.7 Å². The largest absolute Gasteiger partial charge is 0.367 e. The fourth-order valence-corrected chi connectivity index (χ4v) is 3.25. The van der Waals surface area contributed by atoms with Crippen molar-refractivity contribution in [1.82, 2.24) is 4.90 Å². The van der Waals surface area contributed by atoms with Gasteiger partial charge in [0, 0.05) is 38.3 Å². The Labute approximate surface area is 144 Å². The van der Waals surface area contributed by atoms with Crippen LogP contribution in [0.2, 0.25) is 0 Å². The van der Waals surface area contributed by atoms with Gasteiger partial charge >= 0.3 is 0 Å². The molecule has 0 N–H and O–H groups in total. The van der Waals surface area contributed by atoms with Crippen molar-refractivity contribution in [1.29, 1.82) is 0 Å². The van der Waals surface area contributed by atoms with Gasteiger partial charge < -0.3 is 9.80 Å². The molecule has 0 aliphatic carbocycles. The summed E-state index contributed by atoms with van der Waals surface area (Å²) >= 11 is 0. The Kier molecular flexibility index (Phi) is 5.52. The van der Waals surface area contributed by atoms with Gasteiger partial charge in [0.15, 0.2) is 0 Å². The third-order valence-corrected chi connectivity index (χ3v) is 4.64. The van der Waals surface area contributed by atoms with Crippen LogP contribution in [0.15, 0.2) is 54.6 Å². The van der Waals surface area contributed by atoms with Crippen molar-refractivity contribution in [3.8, 4) is 0 Å². The Bertz CT molecular complexity index is 651. The van der Waals surface area contributed by atoms with Crippen LogP contribution < -0.4 is 4.90 Å². The Morgan fingerprint density at radius 1 is 1.04 bits per heavy atom. The lowest BCUT2D eigenvalue weighted by atomic mass is 10.1. The highest BCUT2D eigenvalue weighted by Crippen LogP contribution is 2.19. The van der Waals surface area contributed by atoms with E-state index in [-0.39, 0.29) is 0 Å². The summed E-state index contributed by atoms with van der Waals surface area (Å²) < 4.78 is 0. The van der Waals surface area contributed by atoms with Crippen LogP contribution in [0.4, 0.5) is 5.69 Å². The number of benzene rings is 2. The second-order valence-electron chi connectivity index (χ2n) is 6.58. The maximum Gasteiger partial charge on any atom is 0.222 e. The molecule has 2 aromatic carbocycles. The van der Waals surface area contributed by atoms with Crippen molar-refractivity contribution in [2.45, 2.75) is 32.7 Å². The normalized spacial score (nSPS) is 14.2. The average molecular weight is 322 g/mol. The first-order valence-electron chi connectivity index (χ1n) is 8.86. The molecule has 1 fully saturated rings. The predicted octanol–water partition coefficient (Wildman–Crippen LogP) is 4.01. The molecule has 1 amide bonds. The highest BCUT2D eigenvalue weighted by Gasteiger charge is 2.19. The minimum atomic E-state index is 0.319. The van der Waals surface area contributed by atoms with Gasteiger partial charge in [-0.2, -0.15) is 0 Å². The van der Waals surface area contributed by atoms with Gasteiger partial charge in [0.2, 0.25) is 5.91 Å². The molecule has 0 unspecified atom stereocenters. The molecule has 3 rings (SSSR count). The lowest BCUT2D eigenvalue weighted by Gasteiger charge is -2.26. The third kappa shape index (κ3) is 4.38. The molecule has 1 aliphatic rings. The fraction of sp³-hybridized carbons (Fsp3) is 0.381. The summed E-state index contributed by atoms with van der Waals surface area (Å²) in [5, 5.41) is 0. The summed E-state index contributed by atoms with van der Waals surface area (Å²) in [5.41, 5.74) is 3.84. The molecule has 0 aromatic heterocycles. The standard InChI is InChI=1S/C21H26N2O/c1-18-10-12-20(13-11-18)23(17-19-7-3-2-4-8-19)16-6-15-22-14-5-9-21(22)24/h2-4,7-8,10-13H,5-6,9,14-17H2,1H3. The quantitative estimate of drug-likeness (QED) is 0.769. The molecule has 1 aliphatic heterocycles. The van der Waals surface area contributed by atoms with Gasteiger partial charge in [-0.25, -0.2) is 0 Å². The van der Waals surface area contributed by atoms with E-state index in [1.807, 2.05) is 4.90 Å². The highest BCUT2D eigenvalue weighted by atomic mass is 16.2. The predicted molar refractivity (Wildman–Crippen MR) is 99.1 cm³/mol. The topological polar surface area (TPSA) is 23.6 Å². The molecule has 24 heavy (non-hydrogen) atoms. The van der Waals surface area contributed by atoms with Crippen LogP contribution in [-0.4, -0.2) is 30.4 Å². The zero-order chi connectivity index (χ0) is 16.8. The minimum Gasteiger partial charge on any atom is -0.367 e. The number of amides is 1. The molecule has 2 aromatic rings. The lowest BCUT2D eigenvalue weighted by molar-refractivity contribution is -0.127. The van der Waals surface area contributed by atoms with E-state index in [1.165, 1.54) is 16.8 Å². The van der Waals surface area contributed by atoms with Crippen LogP contribution >= 0.6 is 0 Å².